The maximum absolute atomic E-state index is 5.44. The summed E-state index contributed by atoms with van der Waals surface area (Å²) in [4.78, 5) is 0. The van der Waals surface area contributed by atoms with Crippen molar-refractivity contribution in [3.8, 4) is 0 Å². The summed E-state index contributed by atoms with van der Waals surface area (Å²) in [7, 11) is 0. The molecule has 0 aliphatic heterocycles. The van der Waals surface area contributed by atoms with Gasteiger partial charge in [-0.25, -0.2) is 0 Å². The van der Waals surface area contributed by atoms with Gasteiger partial charge in [0.05, 0.1) is 5.69 Å². The lowest BCUT2D eigenvalue weighted by molar-refractivity contribution is 0.390. The molecular weight excluding hydrogens is 164 g/mol. The van der Waals surface area contributed by atoms with Crippen LogP contribution < -0.4 is 5.73 Å². The first-order valence-corrected chi connectivity index (χ1v) is 4.89. The van der Waals surface area contributed by atoms with Crippen LogP contribution in [-0.2, 0) is 13.1 Å². The van der Waals surface area contributed by atoms with Crippen molar-refractivity contribution in [1.82, 2.24) is 15.0 Å². The van der Waals surface area contributed by atoms with E-state index in [4.69, 9.17) is 5.73 Å². The molecule has 0 aliphatic carbocycles. The Balaban J connectivity index is 2.52. The summed E-state index contributed by atoms with van der Waals surface area (Å²) < 4.78 is 1.89. The summed E-state index contributed by atoms with van der Waals surface area (Å²) >= 11 is 0. The summed E-state index contributed by atoms with van der Waals surface area (Å²) in [5.74, 6) is 0.701. The van der Waals surface area contributed by atoms with E-state index in [0.717, 1.165) is 12.2 Å². The van der Waals surface area contributed by atoms with E-state index in [1.54, 1.807) is 0 Å². The van der Waals surface area contributed by atoms with Gasteiger partial charge >= 0.3 is 0 Å². The third-order valence-corrected chi connectivity index (χ3v) is 2.40. The third kappa shape index (κ3) is 2.81. The van der Waals surface area contributed by atoms with Crippen molar-refractivity contribution in [3.05, 3.63) is 11.9 Å². The highest BCUT2D eigenvalue weighted by Crippen LogP contribution is 2.09. The highest BCUT2D eigenvalue weighted by Gasteiger charge is 2.05. The monoisotopic (exact) mass is 182 g/mol. The van der Waals surface area contributed by atoms with Gasteiger partial charge in [-0.1, -0.05) is 31.9 Å². The molecule has 74 valence electrons. The molecule has 0 radical (unpaired) electrons. The third-order valence-electron chi connectivity index (χ3n) is 2.40. The maximum Gasteiger partial charge on any atom is 0.0962 e. The van der Waals surface area contributed by atoms with Gasteiger partial charge in [0.25, 0.3) is 0 Å². The van der Waals surface area contributed by atoms with Crippen LogP contribution in [0.5, 0.6) is 0 Å². The normalized spacial score (nSPS) is 11.1. The van der Waals surface area contributed by atoms with Crippen LogP contribution in [0.4, 0.5) is 0 Å². The summed E-state index contributed by atoms with van der Waals surface area (Å²) in [6, 6.07) is 0. The van der Waals surface area contributed by atoms with Crippen LogP contribution in [0.25, 0.3) is 0 Å². The van der Waals surface area contributed by atoms with E-state index in [-0.39, 0.29) is 0 Å². The van der Waals surface area contributed by atoms with Crippen molar-refractivity contribution in [1.29, 1.82) is 0 Å². The Labute approximate surface area is 79.1 Å². The van der Waals surface area contributed by atoms with Crippen LogP contribution in [-0.4, -0.2) is 15.0 Å². The van der Waals surface area contributed by atoms with Crippen LogP contribution in [0.15, 0.2) is 6.20 Å². The van der Waals surface area contributed by atoms with E-state index in [9.17, 15) is 0 Å². The van der Waals surface area contributed by atoms with Gasteiger partial charge in [0.15, 0.2) is 0 Å². The molecule has 0 atom stereocenters. The minimum atomic E-state index is 0.475. The summed E-state index contributed by atoms with van der Waals surface area (Å²) in [5, 5.41) is 7.95. The first-order chi connectivity index (χ1) is 6.30. The Bertz CT molecular complexity index is 240. The first kappa shape index (κ1) is 10.2. The van der Waals surface area contributed by atoms with Gasteiger partial charge in [0.1, 0.15) is 0 Å². The van der Waals surface area contributed by atoms with E-state index in [0.29, 0.717) is 12.5 Å². The second-order valence-corrected chi connectivity index (χ2v) is 3.32. The molecule has 0 saturated carbocycles. The van der Waals surface area contributed by atoms with Gasteiger partial charge in [0.2, 0.25) is 0 Å². The van der Waals surface area contributed by atoms with Crippen LogP contribution >= 0.6 is 0 Å². The molecule has 0 amide bonds. The van der Waals surface area contributed by atoms with Crippen molar-refractivity contribution in [2.45, 2.75) is 39.8 Å². The fraction of sp³-hybridized carbons (Fsp3) is 0.778. The lowest BCUT2D eigenvalue weighted by Gasteiger charge is -2.10. The molecule has 0 bridgehead atoms. The zero-order valence-electron chi connectivity index (χ0n) is 8.40. The average Bonchev–Trinajstić information content (AvgIpc) is 2.61. The molecule has 0 spiro atoms. The zero-order valence-corrected chi connectivity index (χ0v) is 8.40. The fourth-order valence-electron chi connectivity index (χ4n) is 1.33. The van der Waals surface area contributed by atoms with Gasteiger partial charge in [-0.15, -0.1) is 5.10 Å². The molecule has 4 nitrogen and oxygen atoms in total. The molecule has 1 aromatic rings. The van der Waals surface area contributed by atoms with Crippen molar-refractivity contribution in [2.75, 3.05) is 0 Å². The molecule has 0 aromatic carbocycles. The van der Waals surface area contributed by atoms with E-state index in [1.807, 2.05) is 10.9 Å². The van der Waals surface area contributed by atoms with Gasteiger partial charge in [-0.2, -0.15) is 0 Å². The molecule has 1 aromatic heterocycles. The Morgan fingerprint density at radius 1 is 1.46 bits per heavy atom. The van der Waals surface area contributed by atoms with Crippen molar-refractivity contribution in [2.24, 2.45) is 11.7 Å². The summed E-state index contributed by atoms with van der Waals surface area (Å²) in [6.07, 6.45) is 4.31. The smallest absolute Gasteiger partial charge is 0.0962 e. The van der Waals surface area contributed by atoms with Gasteiger partial charge < -0.3 is 5.73 Å². The number of aromatic nitrogens is 3. The molecular formula is C9H18N4. The molecule has 4 heteroatoms. The Morgan fingerprint density at radius 2 is 2.15 bits per heavy atom. The number of nitrogens with two attached hydrogens (primary N) is 1. The number of hydrogen-bond donors (Lipinski definition) is 1. The molecule has 0 saturated heterocycles. The molecule has 0 fully saturated rings. The van der Waals surface area contributed by atoms with Crippen molar-refractivity contribution in [3.63, 3.8) is 0 Å². The largest absolute Gasteiger partial charge is 0.325 e. The zero-order chi connectivity index (χ0) is 9.68. The highest BCUT2D eigenvalue weighted by atomic mass is 15.4. The first-order valence-electron chi connectivity index (χ1n) is 4.89. The standard InChI is InChI=1S/C9H18N4/c1-3-8(4-2)6-13-7-9(5-10)11-12-13/h7-8H,3-6,10H2,1-2H3. The van der Waals surface area contributed by atoms with E-state index in [2.05, 4.69) is 24.2 Å². The topological polar surface area (TPSA) is 56.7 Å². The van der Waals surface area contributed by atoms with E-state index in [1.165, 1.54) is 12.8 Å². The highest BCUT2D eigenvalue weighted by molar-refractivity contribution is 4.90. The lowest BCUT2D eigenvalue weighted by Crippen LogP contribution is -2.09. The van der Waals surface area contributed by atoms with Crippen LogP contribution in [0.2, 0.25) is 0 Å². The lowest BCUT2D eigenvalue weighted by atomic mass is 10.0. The predicted octanol–water partition coefficient (Wildman–Crippen LogP) is 1.17. The second kappa shape index (κ2) is 4.97. The second-order valence-electron chi connectivity index (χ2n) is 3.32. The molecule has 0 aliphatic rings. The molecule has 13 heavy (non-hydrogen) atoms. The fourth-order valence-corrected chi connectivity index (χ4v) is 1.33. The number of hydrogen-bond acceptors (Lipinski definition) is 3. The molecule has 1 heterocycles. The van der Waals surface area contributed by atoms with E-state index >= 15 is 0 Å². The average molecular weight is 182 g/mol. The Hall–Kier alpha value is -0.900. The SMILES string of the molecule is CCC(CC)Cn1cc(CN)nn1. The van der Waals surface area contributed by atoms with Gasteiger partial charge in [-0.05, 0) is 5.92 Å². The van der Waals surface area contributed by atoms with Crippen LogP contribution in [0.1, 0.15) is 32.4 Å². The van der Waals surface area contributed by atoms with Gasteiger partial charge in [0, 0.05) is 19.3 Å². The maximum atomic E-state index is 5.44. The molecule has 2 N–H and O–H groups in total. The summed E-state index contributed by atoms with van der Waals surface area (Å²) in [5.41, 5.74) is 6.31. The van der Waals surface area contributed by atoms with Crippen molar-refractivity contribution >= 4 is 0 Å². The number of rotatable bonds is 5. The van der Waals surface area contributed by atoms with Gasteiger partial charge in [-0.3, -0.25) is 4.68 Å². The van der Waals surface area contributed by atoms with E-state index < -0.39 is 0 Å². The Morgan fingerprint density at radius 3 is 2.62 bits per heavy atom. The number of nitrogens with zero attached hydrogens (tertiary/aromatic N) is 3. The minimum absolute atomic E-state index is 0.475. The Kier molecular flexibility index (Phi) is 3.89. The summed E-state index contributed by atoms with van der Waals surface area (Å²) in [6.45, 7) is 5.84. The molecule has 0 unspecified atom stereocenters. The van der Waals surface area contributed by atoms with Crippen LogP contribution in [0, 0.1) is 5.92 Å². The predicted molar refractivity (Wildman–Crippen MR) is 52.0 cm³/mol. The molecule has 1 rings (SSSR count). The quantitative estimate of drug-likeness (QED) is 0.743. The van der Waals surface area contributed by atoms with Crippen LogP contribution in [0.3, 0.4) is 0 Å². The minimum Gasteiger partial charge on any atom is -0.325 e. The van der Waals surface area contributed by atoms with Crippen molar-refractivity contribution < 1.29 is 0 Å².